The van der Waals surface area contributed by atoms with Crippen LogP contribution in [-0.2, 0) is 0 Å². The summed E-state index contributed by atoms with van der Waals surface area (Å²) in [6.07, 6.45) is 0.321. The zero-order chi connectivity index (χ0) is 23.9. The molecule has 4 unspecified atom stereocenters. The molecular formula is C18H28N8O4. The molecule has 0 heterocycles. The Bertz CT molecular complexity index is 700. The Hall–Kier alpha value is -3.00. The highest BCUT2D eigenvalue weighted by Gasteiger charge is 2.28. The summed E-state index contributed by atoms with van der Waals surface area (Å²) in [4.78, 5) is 0. The summed E-state index contributed by atoms with van der Waals surface area (Å²) in [5.74, 6) is 0. The highest BCUT2D eigenvalue weighted by Crippen LogP contribution is 2.20. The predicted octanol–water partition coefficient (Wildman–Crippen LogP) is 0.756. The molecule has 164 valence electrons. The Morgan fingerprint density at radius 3 is 0.933 bits per heavy atom. The molecule has 0 radical (unpaired) electrons. The monoisotopic (exact) mass is 420 g/mol. The van der Waals surface area contributed by atoms with Crippen molar-refractivity contribution in [2.75, 3.05) is 26.4 Å². The van der Waals surface area contributed by atoms with Gasteiger partial charge in [0.25, 0.3) is 0 Å². The number of aliphatic hydroxyl groups excluding tert-OH is 4. The van der Waals surface area contributed by atoms with E-state index in [1.165, 1.54) is 27.7 Å². The minimum absolute atomic E-state index is 0.160. The molecule has 30 heavy (non-hydrogen) atoms. The third-order valence-corrected chi connectivity index (χ3v) is 3.76. The SMILES string of the molecule is CC(C#N)(CCO)N=NC(C)(C#N)CCO.CC(C#N)(CO)N=NC(C)(C#N)CO. The molecular weight excluding hydrogens is 392 g/mol. The van der Waals surface area contributed by atoms with Gasteiger partial charge in [-0.25, -0.2) is 0 Å². The van der Waals surface area contributed by atoms with Crippen molar-refractivity contribution in [1.29, 1.82) is 21.0 Å². The second-order valence-electron chi connectivity index (χ2n) is 7.21. The van der Waals surface area contributed by atoms with Gasteiger partial charge in [-0.05, 0) is 27.7 Å². The van der Waals surface area contributed by atoms with Crippen LogP contribution in [-0.4, -0.2) is 69.0 Å². The van der Waals surface area contributed by atoms with Crippen molar-refractivity contribution >= 4 is 0 Å². The summed E-state index contributed by atoms with van der Waals surface area (Å²) >= 11 is 0. The molecule has 0 amide bonds. The van der Waals surface area contributed by atoms with E-state index in [9.17, 15) is 0 Å². The van der Waals surface area contributed by atoms with Crippen LogP contribution in [0.5, 0.6) is 0 Å². The normalized spacial score (nSPS) is 18.8. The van der Waals surface area contributed by atoms with Crippen molar-refractivity contribution in [3.63, 3.8) is 0 Å². The Kier molecular flexibility index (Phi) is 12.9. The number of hydrogen-bond donors (Lipinski definition) is 4. The van der Waals surface area contributed by atoms with Crippen molar-refractivity contribution in [2.45, 2.75) is 62.7 Å². The van der Waals surface area contributed by atoms with Gasteiger partial charge in [0.2, 0.25) is 0 Å². The van der Waals surface area contributed by atoms with E-state index in [1.807, 2.05) is 12.1 Å². The van der Waals surface area contributed by atoms with E-state index in [0.29, 0.717) is 0 Å². The van der Waals surface area contributed by atoms with Crippen molar-refractivity contribution in [3.05, 3.63) is 0 Å². The first kappa shape index (κ1) is 29.2. The van der Waals surface area contributed by atoms with Gasteiger partial charge in [-0.1, -0.05) is 0 Å². The maximum Gasteiger partial charge on any atom is 0.187 e. The number of nitriles is 4. The largest absolute Gasteiger partial charge is 0.396 e. The minimum Gasteiger partial charge on any atom is -0.396 e. The third kappa shape index (κ3) is 10.5. The molecule has 4 N–H and O–H groups in total. The molecule has 0 rings (SSSR count). The maximum atomic E-state index is 8.87. The Labute approximate surface area is 176 Å². The molecule has 0 saturated carbocycles. The van der Waals surface area contributed by atoms with E-state index in [1.54, 1.807) is 12.1 Å². The van der Waals surface area contributed by atoms with Crippen LogP contribution in [0.3, 0.4) is 0 Å². The van der Waals surface area contributed by atoms with E-state index in [4.69, 9.17) is 41.5 Å². The van der Waals surface area contributed by atoms with Crippen LogP contribution in [0.2, 0.25) is 0 Å². The Balaban J connectivity index is 0. The molecule has 4 atom stereocenters. The lowest BCUT2D eigenvalue weighted by atomic mass is 10.0. The Morgan fingerprint density at radius 2 is 0.767 bits per heavy atom. The highest BCUT2D eigenvalue weighted by molar-refractivity contribution is 5.08. The lowest BCUT2D eigenvalue weighted by Crippen LogP contribution is -2.28. The quantitative estimate of drug-likeness (QED) is 0.368. The molecule has 0 fully saturated rings. The second kappa shape index (κ2) is 13.3. The number of nitrogens with zero attached hydrogens (tertiary/aromatic N) is 8. The second-order valence-corrected chi connectivity index (χ2v) is 7.21. The molecule has 0 aliphatic carbocycles. The van der Waals surface area contributed by atoms with Crippen molar-refractivity contribution in [3.8, 4) is 24.3 Å². The van der Waals surface area contributed by atoms with E-state index in [2.05, 4.69) is 20.5 Å². The van der Waals surface area contributed by atoms with E-state index in [-0.39, 0.29) is 26.1 Å². The van der Waals surface area contributed by atoms with Gasteiger partial charge >= 0.3 is 0 Å². The number of aliphatic hydroxyl groups is 4. The molecule has 0 saturated heterocycles. The van der Waals surface area contributed by atoms with E-state index in [0.717, 1.165) is 0 Å². The third-order valence-electron chi connectivity index (χ3n) is 3.76. The van der Waals surface area contributed by atoms with Gasteiger partial charge in [0, 0.05) is 26.1 Å². The zero-order valence-electron chi connectivity index (χ0n) is 17.6. The average Bonchev–Trinajstić information content (AvgIpc) is 2.76. The summed E-state index contributed by atoms with van der Waals surface area (Å²) in [5.41, 5.74) is -4.95. The fourth-order valence-electron chi connectivity index (χ4n) is 1.31. The smallest absolute Gasteiger partial charge is 0.187 e. The van der Waals surface area contributed by atoms with Gasteiger partial charge in [0.05, 0.1) is 37.5 Å². The van der Waals surface area contributed by atoms with Crippen molar-refractivity contribution in [2.24, 2.45) is 20.5 Å². The minimum atomic E-state index is -1.35. The van der Waals surface area contributed by atoms with Crippen molar-refractivity contribution < 1.29 is 20.4 Å². The number of rotatable bonds is 10. The summed E-state index contributed by atoms with van der Waals surface area (Å²) in [5, 5.41) is 84.8. The van der Waals surface area contributed by atoms with Gasteiger partial charge in [0.15, 0.2) is 22.2 Å². The number of hydrogen-bond acceptors (Lipinski definition) is 12. The van der Waals surface area contributed by atoms with Crippen molar-refractivity contribution in [1.82, 2.24) is 0 Å². The summed E-state index contributed by atoms with van der Waals surface area (Å²) in [7, 11) is 0. The Morgan fingerprint density at radius 1 is 0.533 bits per heavy atom. The molecule has 0 aromatic carbocycles. The molecule has 0 aromatic heterocycles. The van der Waals surface area contributed by atoms with Crippen LogP contribution in [0.4, 0.5) is 0 Å². The van der Waals surface area contributed by atoms with Gasteiger partial charge < -0.3 is 20.4 Å². The van der Waals surface area contributed by atoms with Gasteiger partial charge in [-0.2, -0.15) is 41.5 Å². The fraction of sp³-hybridized carbons (Fsp3) is 0.778. The van der Waals surface area contributed by atoms with Gasteiger partial charge in [-0.3, -0.25) is 0 Å². The molecule has 0 aliphatic rings. The van der Waals surface area contributed by atoms with E-state index >= 15 is 0 Å². The van der Waals surface area contributed by atoms with Gasteiger partial charge in [-0.15, -0.1) is 0 Å². The molecule has 12 nitrogen and oxygen atoms in total. The first-order valence-electron chi connectivity index (χ1n) is 8.87. The first-order valence-corrected chi connectivity index (χ1v) is 8.87. The molecule has 0 aromatic rings. The van der Waals surface area contributed by atoms with Crippen LogP contribution < -0.4 is 0 Å². The van der Waals surface area contributed by atoms with Crippen LogP contribution in [0.1, 0.15) is 40.5 Å². The topological polar surface area (TPSA) is 226 Å². The summed E-state index contributed by atoms with van der Waals surface area (Å²) in [6, 6.07) is 7.35. The zero-order valence-corrected chi connectivity index (χ0v) is 17.6. The summed E-state index contributed by atoms with van der Waals surface area (Å²) in [6.45, 7) is 4.50. The standard InChI is InChI=1S/C10H16N4O2.C8H12N4O2/c1-9(7-11,3-5-15)13-14-10(2,8-12)4-6-16;1-7(3-9,5-13)11-12-8(2,4-10)6-14/h15-16H,3-6H2,1-2H3;13-14H,5-6H2,1-2H3. The average molecular weight is 420 g/mol. The van der Waals surface area contributed by atoms with Crippen LogP contribution in [0.15, 0.2) is 20.5 Å². The van der Waals surface area contributed by atoms with Crippen LogP contribution in [0.25, 0.3) is 0 Å². The summed E-state index contributed by atoms with van der Waals surface area (Å²) < 4.78 is 0. The molecule has 0 spiro atoms. The lowest BCUT2D eigenvalue weighted by molar-refractivity contribution is 0.217. The first-order chi connectivity index (χ1) is 13.9. The molecule has 12 heteroatoms. The molecule has 0 aliphatic heterocycles. The van der Waals surface area contributed by atoms with E-state index < -0.39 is 35.4 Å². The highest BCUT2D eigenvalue weighted by atomic mass is 16.3. The predicted molar refractivity (Wildman–Crippen MR) is 103 cm³/mol. The fourth-order valence-corrected chi connectivity index (χ4v) is 1.31. The van der Waals surface area contributed by atoms with Crippen LogP contribution in [0, 0.1) is 45.3 Å². The van der Waals surface area contributed by atoms with Crippen LogP contribution >= 0.6 is 0 Å². The number of azo groups is 2. The maximum absolute atomic E-state index is 8.87. The lowest BCUT2D eigenvalue weighted by Gasteiger charge is -2.17. The molecule has 0 bridgehead atoms. The van der Waals surface area contributed by atoms with Gasteiger partial charge in [0.1, 0.15) is 0 Å².